The van der Waals surface area contributed by atoms with Crippen LogP contribution in [0.2, 0.25) is 0 Å². The zero-order valence-corrected chi connectivity index (χ0v) is 7.45. The minimum absolute atomic E-state index is 0.262. The van der Waals surface area contributed by atoms with Gasteiger partial charge in [-0.2, -0.15) is 5.10 Å². The molecule has 14 heavy (non-hydrogen) atoms. The Kier molecular flexibility index (Phi) is 2.02. The predicted octanol–water partition coefficient (Wildman–Crippen LogP) is 1.69. The lowest BCUT2D eigenvalue weighted by Gasteiger charge is -1.96. The molecular formula is C10H9N3O. The number of anilines is 1. The average molecular weight is 187 g/mol. The SMILES string of the molecule is C=CC(=O)Nc1n[nH]c2ccccc12. The summed E-state index contributed by atoms with van der Waals surface area (Å²) in [5.41, 5.74) is 0.895. The van der Waals surface area contributed by atoms with Crippen molar-refractivity contribution in [2.24, 2.45) is 0 Å². The number of H-pyrrole nitrogens is 1. The van der Waals surface area contributed by atoms with Crippen molar-refractivity contribution in [1.29, 1.82) is 0 Å². The van der Waals surface area contributed by atoms with E-state index < -0.39 is 0 Å². The molecule has 0 spiro atoms. The molecule has 1 aromatic carbocycles. The Labute approximate surface area is 80.6 Å². The van der Waals surface area contributed by atoms with Crippen LogP contribution in [0.3, 0.4) is 0 Å². The fourth-order valence-corrected chi connectivity index (χ4v) is 1.23. The van der Waals surface area contributed by atoms with E-state index in [2.05, 4.69) is 22.1 Å². The van der Waals surface area contributed by atoms with Crippen LogP contribution in [-0.2, 0) is 4.79 Å². The van der Waals surface area contributed by atoms with Crippen LogP contribution in [0.25, 0.3) is 10.9 Å². The number of carbonyl (C=O) groups is 1. The minimum Gasteiger partial charge on any atom is -0.305 e. The van der Waals surface area contributed by atoms with E-state index in [9.17, 15) is 4.79 Å². The van der Waals surface area contributed by atoms with Crippen molar-refractivity contribution >= 4 is 22.6 Å². The molecule has 0 radical (unpaired) electrons. The summed E-state index contributed by atoms with van der Waals surface area (Å²) in [6.07, 6.45) is 1.21. The summed E-state index contributed by atoms with van der Waals surface area (Å²) in [6, 6.07) is 7.57. The number of benzene rings is 1. The van der Waals surface area contributed by atoms with E-state index in [0.29, 0.717) is 5.82 Å². The number of rotatable bonds is 2. The van der Waals surface area contributed by atoms with Crippen LogP contribution < -0.4 is 5.32 Å². The number of fused-ring (bicyclic) bond motifs is 1. The van der Waals surface area contributed by atoms with Crippen molar-refractivity contribution in [3.63, 3.8) is 0 Å². The zero-order chi connectivity index (χ0) is 9.97. The highest BCUT2D eigenvalue weighted by molar-refractivity contribution is 6.03. The van der Waals surface area contributed by atoms with Crippen LogP contribution in [0.4, 0.5) is 5.82 Å². The molecule has 2 rings (SSSR count). The van der Waals surface area contributed by atoms with Crippen molar-refractivity contribution < 1.29 is 4.79 Å². The molecule has 1 amide bonds. The van der Waals surface area contributed by atoms with Crippen LogP contribution in [-0.4, -0.2) is 16.1 Å². The van der Waals surface area contributed by atoms with Crippen LogP contribution in [0.1, 0.15) is 0 Å². The van der Waals surface area contributed by atoms with Crippen LogP contribution in [0, 0.1) is 0 Å². The van der Waals surface area contributed by atoms with Gasteiger partial charge in [-0.25, -0.2) is 0 Å². The van der Waals surface area contributed by atoms with Crippen molar-refractivity contribution in [3.8, 4) is 0 Å². The molecule has 1 heterocycles. The smallest absolute Gasteiger partial charge is 0.248 e. The Balaban J connectivity index is 2.43. The molecule has 0 aliphatic carbocycles. The molecule has 0 bridgehead atoms. The molecule has 0 saturated heterocycles. The van der Waals surface area contributed by atoms with Gasteiger partial charge in [-0.1, -0.05) is 18.7 Å². The number of aromatic amines is 1. The minimum atomic E-state index is -0.262. The van der Waals surface area contributed by atoms with Gasteiger partial charge in [-0.3, -0.25) is 9.89 Å². The zero-order valence-electron chi connectivity index (χ0n) is 7.45. The molecule has 0 atom stereocenters. The van der Waals surface area contributed by atoms with E-state index in [4.69, 9.17) is 0 Å². The van der Waals surface area contributed by atoms with E-state index in [1.54, 1.807) is 0 Å². The molecule has 0 fully saturated rings. The van der Waals surface area contributed by atoms with Gasteiger partial charge in [0.25, 0.3) is 0 Å². The summed E-state index contributed by atoms with van der Waals surface area (Å²) in [5, 5.41) is 10.3. The van der Waals surface area contributed by atoms with Gasteiger partial charge in [-0.15, -0.1) is 0 Å². The first-order chi connectivity index (χ1) is 6.81. The van der Waals surface area contributed by atoms with E-state index in [-0.39, 0.29) is 5.91 Å². The van der Waals surface area contributed by atoms with Crippen molar-refractivity contribution in [3.05, 3.63) is 36.9 Å². The standard InChI is InChI=1S/C10H9N3O/c1-2-9(14)11-10-7-5-3-4-6-8(7)12-13-10/h2-6H,1H2,(H2,11,12,13,14). The first-order valence-electron chi connectivity index (χ1n) is 4.18. The second kappa shape index (κ2) is 3.33. The van der Waals surface area contributed by atoms with Gasteiger partial charge in [0.15, 0.2) is 5.82 Å². The van der Waals surface area contributed by atoms with E-state index >= 15 is 0 Å². The predicted molar refractivity (Wildman–Crippen MR) is 54.9 cm³/mol. The monoisotopic (exact) mass is 187 g/mol. The van der Waals surface area contributed by atoms with Gasteiger partial charge in [-0.05, 0) is 18.2 Å². The largest absolute Gasteiger partial charge is 0.305 e. The Morgan fingerprint density at radius 3 is 3.07 bits per heavy atom. The van der Waals surface area contributed by atoms with Crippen molar-refractivity contribution in [2.75, 3.05) is 5.32 Å². The summed E-state index contributed by atoms with van der Waals surface area (Å²) < 4.78 is 0. The first kappa shape index (κ1) is 8.50. The lowest BCUT2D eigenvalue weighted by atomic mass is 10.2. The number of nitrogens with one attached hydrogen (secondary N) is 2. The number of nitrogens with zero attached hydrogens (tertiary/aromatic N) is 1. The maximum absolute atomic E-state index is 11.0. The summed E-state index contributed by atoms with van der Waals surface area (Å²) in [6.45, 7) is 3.37. The summed E-state index contributed by atoms with van der Waals surface area (Å²) in [7, 11) is 0. The molecule has 0 saturated carbocycles. The van der Waals surface area contributed by atoms with E-state index in [0.717, 1.165) is 10.9 Å². The molecule has 1 aromatic heterocycles. The molecule has 4 nitrogen and oxygen atoms in total. The molecule has 70 valence electrons. The van der Waals surface area contributed by atoms with E-state index in [1.807, 2.05) is 24.3 Å². The Morgan fingerprint density at radius 1 is 1.50 bits per heavy atom. The Hall–Kier alpha value is -2.10. The number of para-hydroxylation sites is 1. The summed E-state index contributed by atoms with van der Waals surface area (Å²) in [5.74, 6) is 0.271. The van der Waals surface area contributed by atoms with Gasteiger partial charge in [0.1, 0.15) is 0 Å². The number of aromatic nitrogens is 2. The van der Waals surface area contributed by atoms with Crippen molar-refractivity contribution in [1.82, 2.24) is 10.2 Å². The molecule has 2 aromatic rings. The quantitative estimate of drug-likeness (QED) is 0.703. The third-order valence-corrected chi connectivity index (χ3v) is 1.90. The molecular weight excluding hydrogens is 178 g/mol. The fourth-order valence-electron chi connectivity index (χ4n) is 1.23. The molecule has 0 unspecified atom stereocenters. The first-order valence-corrected chi connectivity index (χ1v) is 4.18. The fraction of sp³-hybridized carbons (Fsp3) is 0. The Morgan fingerprint density at radius 2 is 2.29 bits per heavy atom. The second-order valence-corrected chi connectivity index (χ2v) is 2.81. The van der Waals surface area contributed by atoms with Gasteiger partial charge in [0, 0.05) is 5.39 Å². The lowest BCUT2D eigenvalue weighted by Crippen LogP contribution is -2.07. The molecule has 4 heteroatoms. The topological polar surface area (TPSA) is 57.8 Å². The van der Waals surface area contributed by atoms with E-state index in [1.165, 1.54) is 6.08 Å². The number of hydrogen-bond donors (Lipinski definition) is 2. The normalized spacial score (nSPS) is 10.0. The molecule has 0 aliphatic heterocycles. The van der Waals surface area contributed by atoms with Gasteiger partial charge in [0.2, 0.25) is 5.91 Å². The van der Waals surface area contributed by atoms with Gasteiger partial charge >= 0.3 is 0 Å². The number of carbonyl (C=O) groups excluding carboxylic acids is 1. The summed E-state index contributed by atoms with van der Waals surface area (Å²) >= 11 is 0. The highest BCUT2D eigenvalue weighted by Crippen LogP contribution is 2.19. The van der Waals surface area contributed by atoms with Gasteiger partial charge in [0.05, 0.1) is 5.52 Å². The average Bonchev–Trinajstić information content (AvgIpc) is 2.62. The van der Waals surface area contributed by atoms with Crippen LogP contribution in [0.15, 0.2) is 36.9 Å². The molecule has 0 aliphatic rings. The molecule has 2 N–H and O–H groups in total. The summed E-state index contributed by atoms with van der Waals surface area (Å²) in [4.78, 5) is 11.0. The van der Waals surface area contributed by atoms with Crippen molar-refractivity contribution in [2.45, 2.75) is 0 Å². The highest BCUT2D eigenvalue weighted by Gasteiger charge is 2.05. The maximum Gasteiger partial charge on any atom is 0.248 e. The maximum atomic E-state index is 11.0. The number of amides is 1. The highest BCUT2D eigenvalue weighted by atomic mass is 16.1. The van der Waals surface area contributed by atoms with Gasteiger partial charge < -0.3 is 5.32 Å². The van der Waals surface area contributed by atoms with Crippen LogP contribution in [0.5, 0.6) is 0 Å². The number of hydrogen-bond acceptors (Lipinski definition) is 2. The third kappa shape index (κ3) is 1.37. The van der Waals surface area contributed by atoms with Crippen LogP contribution >= 0.6 is 0 Å². The second-order valence-electron chi connectivity index (χ2n) is 2.81. The third-order valence-electron chi connectivity index (χ3n) is 1.90. The Bertz CT molecular complexity index is 487. The lowest BCUT2D eigenvalue weighted by molar-refractivity contribution is -0.111.